The molecular weight excluding hydrogens is 426 g/mol. The Hall–Kier alpha value is -1.40. The van der Waals surface area contributed by atoms with Crippen LogP contribution in [0.1, 0.15) is 86.0 Å². The fourth-order valence-electron chi connectivity index (χ4n) is 8.42. The van der Waals surface area contributed by atoms with E-state index < -0.39 is 0 Å². The molecule has 0 radical (unpaired) electrons. The van der Waals surface area contributed by atoms with Crippen LogP contribution in [0.2, 0.25) is 0 Å². The number of likely N-dealkylation sites (N-methyl/N-ethyl adjacent to an activating group) is 1. The van der Waals surface area contributed by atoms with E-state index in [2.05, 4.69) is 37.3 Å². The molecule has 0 aromatic heterocycles. The fourth-order valence-corrected chi connectivity index (χ4v) is 8.42. The molecule has 2 N–H and O–H groups in total. The quantitative estimate of drug-likeness (QED) is 0.235. The predicted octanol–water partition coefficient (Wildman–Crippen LogP) is 5.37. The third kappa shape index (κ3) is 4.45. The van der Waals surface area contributed by atoms with Gasteiger partial charge in [0.15, 0.2) is 0 Å². The maximum atomic E-state index is 12.7. The summed E-state index contributed by atoms with van der Waals surface area (Å²) in [4.78, 5) is 19.9. The Labute approximate surface area is 206 Å². The van der Waals surface area contributed by atoms with Crippen molar-refractivity contribution in [3.63, 3.8) is 0 Å². The lowest BCUT2D eigenvalue weighted by molar-refractivity contribution is -0.0479. The third-order valence-electron chi connectivity index (χ3n) is 10.3. The number of oxime groups is 1. The summed E-state index contributed by atoms with van der Waals surface area (Å²) in [6, 6.07) is 0.0764. The lowest BCUT2D eigenvalue weighted by atomic mass is 9.46. The number of rotatable bonds is 6. The molecule has 6 nitrogen and oxygen atoms in total. The van der Waals surface area contributed by atoms with Crippen LogP contribution in [-0.2, 0) is 4.84 Å². The lowest BCUT2D eigenvalue weighted by Crippen LogP contribution is -2.51. The van der Waals surface area contributed by atoms with Crippen LogP contribution in [0.25, 0.3) is 0 Å². The highest BCUT2D eigenvalue weighted by atomic mass is 16.7. The van der Waals surface area contributed by atoms with Gasteiger partial charge >= 0.3 is 6.09 Å². The maximum Gasteiger partial charge on any atom is 0.436 e. The molecule has 4 aliphatic rings. The molecule has 3 saturated carbocycles. The number of amides is 1. The molecule has 0 aromatic rings. The minimum atomic E-state index is -0.355. The van der Waals surface area contributed by atoms with Crippen molar-refractivity contribution in [3.8, 4) is 0 Å². The number of aliphatic hydroxyl groups is 1. The summed E-state index contributed by atoms with van der Waals surface area (Å²) in [6.07, 6.45) is 10.9. The third-order valence-corrected chi connectivity index (χ3v) is 10.3. The molecule has 34 heavy (non-hydrogen) atoms. The van der Waals surface area contributed by atoms with Gasteiger partial charge in [0, 0.05) is 25.0 Å². The highest BCUT2D eigenvalue weighted by Crippen LogP contribution is 2.66. The van der Waals surface area contributed by atoms with E-state index in [-0.39, 0.29) is 29.1 Å². The van der Waals surface area contributed by atoms with Crippen molar-refractivity contribution in [2.45, 2.75) is 98.1 Å². The van der Waals surface area contributed by atoms with Crippen LogP contribution in [0.15, 0.2) is 16.8 Å². The Kier molecular flexibility index (Phi) is 7.50. The Morgan fingerprint density at radius 2 is 1.97 bits per heavy atom. The van der Waals surface area contributed by atoms with E-state index in [0.717, 1.165) is 49.8 Å². The first-order chi connectivity index (χ1) is 16.1. The van der Waals surface area contributed by atoms with Gasteiger partial charge < -0.3 is 15.3 Å². The van der Waals surface area contributed by atoms with Crippen LogP contribution in [-0.4, -0.2) is 54.1 Å². The van der Waals surface area contributed by atoms with Crippen molar-refractivity contribution in [1.82, 2.24) is 10.2 Å². The van der Waals surface area contributed by atoms with Crippen LogP contribution >= 0.6 is 0 Å². The van der Waals surface area contributed by atoms with E-state index in [0.29, 0.717) is 18.4 Å². The summed E-state index contributed by atoms with van der Waals surface area (Å²) in [6.45, 7) is 12.4. The second kappa shape index (κ2) is 9.93. The number of hydrogen-bond donors (Lipinski definition) is 2. The molecule has 192 valence electrons. The van der Waals surface area contributed by atoms with E-state index in [4.69, 9.17) is 4.84 Å². The van der Waals surface area contributed by atoms with E-state index in [9.17, 15) is 9.90 Å². The molecule has 0 spiro atoms. The summed E-state index contributed by atoms with van der Waals surface area (Å²) < 4.78 is 0. The van der Waals surface area contributed by atoms with Crippen LogP contribution in [0.4, 0.5) is 4.79 Å². The second-order valence-corrected chi connectivity index (χ2v) is 12.3. The fraction of sp³-hybridized carbons (Fsp3) is 0.857. The summed E-state index contributed by atoms with van der Waals surface area (Å²) in [5.74, 6) is 2.59. The normalized spacial score (nSPS) is 39.7. The number of carbonyl (C=O) groups is 1. The number of fused-ring (bicyclic) bond motifs is 5. The summed E-state index contributed by atoms with van der Waals surface area (Å²) in [5.41, 5.74) is 3.02. The highest BCUT2D eigenvalue weighted by Gasteiger charge is 2.59. The van der Waals surface area contributed by atoms with Gasteiger partial charge in [-0.3, -0.25) is 4.84 Å². The zero-order chi connectivity index (χ0) is 24.7. The molecule has 6 heteroatoms. The SMILES string of the molecule is CNCCN(C(=O)O/N=C(\C)[C@H]1CC[C@H]2[C@@H]3CCC4=C[C@@H](O)CC[C@]4(C)[C@H]3CC[C@]12C)C(C)C. The molecular formula is C28H47N3O3. The van der Waals surface area contributed by atoms with Crippen LogP contribution < -0.4 is 5.32 Å². The Balaban J connectivity index is 1.46. The van der Waals surface area contributed by atoms with Crippen LogP contribution in [0.3, 0.4) is 0 Å². The van der Waals surface area contributed by atoms with Gasteiger partial charge in [0.05, 0.1) is 11.8 Å². The summed E-state index contributed by atoms with van der Waals surface area (Å²) >= 11 is 0. The van der Waals surface area contributed by atoms with E-state index >= 15 is 0 Å². The first kappa shape index (κ1) is 25.7. The minimum Gasteiger partial charge on any atom is -0.389 e. The molecule has 4 aliphatic carbocycles. The standard InChI is InChI=1S/C28H47N3O3/c1-18(2)31(16-15-29-6)26(33)34-30-19(3)23-9-10-24-22-8-7-20-17-21(32)11-13-27(20,4)25(22)12-14-28(23,24)5/h17-18,21-25,29,32H,7-16H2,1-6H3/b30-19+/t21-,22-,23+,24-,25-,27-,28+/m0/s1. The van der Waals surface area contributed by atoms with Gasteiger partial charge in [-0.15, -0.1) is 0 Å². The first-order valence-electron chi connectivity index (χ1n) is 13.7. The molecule has 1 amide bonds. The van der Waals surface area contributed by atoms with Crippen LogP contribution in [0.5, 0.6) is 0 Å². The zero-order valence-corrected chi connectivity index (χ0v) is 22.3. The number of nitrogens with one attached hydrogen (secondary N) is 1. The zero-order valence-electron chi connectivity index (χ0n) is 22.3. The molecule has 0 heterocycles. The lowest BCUT2D eigenvalue weighted by Gasteiger charge is -2.58. The second-order valence-electron chi connectivity index (χ2n) is 12.3. The van der Waals surface area contributed by atoms with Gasteiger partial charge in [0.1, 0.15) is 0 Å². The summed E-state index contributed by atoms with van der Waals surface area (Å²) in [5, 5.41) is 17.7. The van der Waals surface area contributed by atoms with Crippen molar-refractivity contribution in [2.75, 3.05) is 20.1 Å². The van der Waals surface area contributed by atoms with Crippen molar-refractivity contribution >= 4 is 11.8 Å². The molecule has 0 aromatic carbocycles. The highest BCUT2D eigenvalue weighted by molar-refractivity contribution is 5.85. The van der Waals surface area contributed by atoms with Gasteiger partial charge in [-0.25, -0.2) is 4.79 Å². The van der Waals surface area contributed by atoms with Gasteiger partial charge in [-0.1, -0.05) is 30.7 Å². The van der Waals surface area contributed by atoms with Gasteiger partial charge in [0.2, 0.25) is 0 Å². The average molecular weight is 474 g/mol. The number of hydrogen-bond acceptors (Lipinski definition) is 5. The molecule has 0 bridgehead atoms. The number of aliphatic hydroxyl groups excluding tert-OH is 1. The van der Waals surface area contributed by atoms with Crippen molar-refractivity contribution in [3.05, 3.63) is 11.6 Å². The molecule has 4 rings (SSSR count). The molecule has 0 aliphatic heterocycles. The van der Waals surface area contributed by atoms with Crippen molar-refractivity contribution in [1.29, 1.82) is 0 Å². The van der Waals surface area contributed by atoms with E-state index in [1.54, 1.807) is 4.90 Å². The molecule has 3 fully saturated rings. The Morgan fingerprint density at radius 1 is 1.21 bits per heavy atom. The number of carbonyl (C=O) groups excluding carboxylic acids is 1. The van der Waals surface area contributed by atoms with Gasteiger partial charge in [0.25, 0.3) is 0 Å². The van der Waals surface area contributed by atoms with Crippen LogP contribution in [0, 0.1) is 34.5 Å². The Bertz CT molecular complexity index is 824. The molecule has 0 saturated heterocycles. The monoisotopic (exact) mass is 473 g/mol. The number of nitrogens with zero attached hydrogens (tertiary/aromatic N) is 2. The van der Waals surface area contributed by atoms with E-state index in [1.165, 1.54) is 31.3 Å². The van der Waals surface area contributed by atoms with Gasteiger partial charge in [-0.2, -0.15) is 0 Å². The van der Waals surface area contributed by atoms with E-state index in [1.807, 2.05) is 20.9 Å². The smallest absolute Gasteiger partial charge is 0.389 e. The first-order valence-corrected chi connectivity index (χ1v) is 13.7. The average Bonchev–Trinajstić information content (AvgIpc) is 3.15. The number of allylic oxidation sites excluding steroid dienone is 1. The maximum absolute atomic E-state index is 12.7. The topological polar surface area (TPSA) is 74.2 Å². The van der Waals surface area contributed by atoms with Crippen molar-refractivity contribution < 1.29 is 14.7 Å². The Morgan fingerprint density at radius 3 is 2.68 bits per heavy atom. The predicted molar refractivity (Wildman–Crippen MR) is 137 cm³/mol. The largest absolute Gasteiger partial charge is 0.436 e. The minimum absolute atomic E-state index is 0.0764. The molecule has 7 atom stereocenters. The summed E-state index contributed by atoms with van der Waals surface area (Å²) in [7, 11) is 1.89. The van der Waals surface area contributed by atoms with Crippen molar-refractivity contribution in [2.24, 2.45) is 39.7 Å². The van der Waals surface area contributed by atoms with Gasteiger partial charge in [-0.05, 0) is 108 Å². The molecule has 0 unspecified atom stereocenters.